The molecule has 0 spiro atoms. The third-order valence-corrected chi connectivity index (χ3v) is 5.56. The molecule has 0 amide bonds. The molecule has 0 radical (unpaired) electrons. The van der Waals surface area contributed by atoms with Crippen molar-refractivity contribution in [1.29, 1.82) is 0 Å². The molecule has 4 aliphatic carbocycles. The first kappa shape index (κ1) is 8.77. The Morgan fingerprint density at radius 3 is 2.60 bits per heavy atom. The van der Waals surface area contributed by atoms with Crippen LogP contribution in [0.25, 0.3) is 0 Å². The fourth-order valence-electron chi connectivity index (χ4n) is 5.16. The molecule has 2 heteroatoms. The molecule has 0 unspecified atom stereocenters. The van der Waals surface area contributed by atoms with Gasteiger partial charge in [-0.3, -0.25) is 0 Å². The first-order chi connectivity index (χ1) is 7.27. The monoisotopic (exact) mass is 206 g/mol. The third-order valence-electron chi connectivity index (χ3n) is 5.56. The van der Waals surface area contributed by atoms with E-state index >= 15 is 0 Å². The van der Waals surface area contributed by atoms with E-state index in [2.05, 4.69) is 6.08 Å². The second kappa shape index (κ2) is 2.67. The van der Waals surface area contributed by atoms with Crippen LogP contribution in [-0.4, -0.2) is 22.4 Å². The van der Waals surface area contributed by atoms with E-state index in [-0.39, 0.29) is 12.2 Å². The molecule has 0 saturated heterocycles. The zero-order valence-electron chi connectivity index (χ0n) is 8.84. The highest BCUT2D eigenvalue weighted by atomic mass is 16.3. The minimum absolute atomic E-state index is 0.191. The van der Waals surface area contributed by atoms with Crippen LogP contribution in [0.4, 0.5) is 0 Å². The summed E-state index contributed by atoms with van der Waals surface area (Å²) >= 11 is 0. The number of aliphatic hydroxyl groups excluding tert-OH is 2. The van der Waals surface area contributed by atoms with Crippen molar-refractivity contribution in [3.8, 4) is 0 Å². The van der Waals surface area contributed by atoms with Crippen LogP contribution in [0.3, 0.4) is 0 Å². The quantitative estimate of drug-likeness (QED) is 0.587. The predicted octanol–water partition coefficient (Wildman–Crippen LogP) is 1.33. The van der Waals surface area contributed by atoms with Crippen molar-refractivity contribution in [3.63, 3.8) is 0 Å². The van der Waals surface area contributed by atoms with E-state index in [1.54, 1.807) is 0 Å². The zero-order valence-corrected chi connectivity index (χ0v) is 8.84. The molecular formula is C13H18O2. The topological polar surface area (TPSA) is 40.5 Å². The van der Waals surface area contributed by atoms with Gasteiger partial charge in [-0.05, 0) is 54.9 Å². The highest BCUT2D eigenvalue weighted by Gasteiger charge is 2.61. The highest BCUT2D eigenvalue weighted by Crippen LogP contribution is 2.64. The average Bonchev–Trinajstić information content (AvgIpc) is 2.89. The molecule has 3 saturated carbocycles. The molecule has 2 N–H and O–H groups in total. The predicted molar refractivity (Wildman–Crippen MR) is 56.0 cm³/mol. The molecule has 0 aliphatic heterocycles. The van der Waals surface area contributed by atoms with Crippen molar-refractivity contribution in [1.82, 2.24) is 0 Å². The molecule has 0 heterocycles. The third kappa shape index (κ3) is 0.891. The lowest BCUT2D eigenvalue weighted by atomic mass is 9.76. The Labute approximate surface area is 90.0 Å². The molecule has 15 heavy (non-hydrogen) atoms. The van der Waals surface area contributed by atoms with Crippen molar-refractivity contribution in [2.75, 3.05) is 0 Å². The molecule has 7 atom stereocenters. The van der Waals surface area contributed by atoms with Gasteiger partial charge in [-0.2, -0.15) is 0 Å². The van der Waals surface area contributed by atoms with Gasteiger partial charge in [0.15, 0.2) is 0 Å². The summed E-state index contributed by atoms with van der Waals surface area (Å²) in [6.45, 7) is 0. The van der Waals surface area contributed by atoms with E-state index in [4.69, 9.17) is 0 Å². The first-order valence-electron chi connectivity index (χ1n) is 6.33. The van der Waals surface area contributed by atoms with E-state index in [1.165, 1.54) is 24.8 Å². The van der Waals surface area contributed by atoms with Crippen molar-refractivity contribution < 1.29 is 10.2 Å². The van der Waals surface area contributed by atoms with Crippen LogP contribution in [0, 0.1) is 29.6 Å². The number of aliphatic hydroxyl groups is 2. The Balaban J connectivity index is 1.78. The summed E-state index contributed by atoms with van der Waals surface area (Å²) in [4.78, 5) is 0. The van der Waals surface area contributed by atoms with Crippen LogP contribution in [0.5, 0.6) is 0 Å². The van der Waals surface area contributed by atoms with Gasteiger partial charge in [0, 0.05) is 5.92 Å². The van der Waals surface area contributed by atoms with Gasteiger partial charge in [0.05, 0.1) is 12.2 Å². The molecule has 2 bridgehead atoms. The molecule has 0 aromatic rings. The number of fused-ring (bicyclic) bond motifs is 7. The highest BCUT2D eigenvalue weighted by molar-refractivity contribution is 5.31. The summed E-state index contributed by atoms with van der Waals surface area (Å²) in [6.07, 6.45) is 6.46. The molecule has 3 fully saturated rings. The Morgan fingerprint density at radius 2 is 1.80 bits per heavy atom. The van der Waals surface area contributed by atoms with Gasteiger partial charge in [-0.15, -0.1) is 0 Å². The summed E-state index contributed by atoms with van der Waals surface area (Å²) in [6, 6.07) is 0. The van der Waals surface area contributed by atoms with Crippen LogP contribution in [0.1, 0.15) is 25.7 Å². The maximum Gasteiger partial charge on any atom is 0.0787 e. The summed E-state index contributed by atoms with van der Waals surface area (Å²) in [5, 5.41) is 20.4. The number of rotatable bonds is 0. The summed E-state index contributed by atoms with van der Waals surface area (Å²) in [5.41, 5.74) is 1.19. The Kier molecular flexibility index (Phi) is 1.56. The standard InChI is InChI=1S/C13H18O2/c14-9-4-3-8-12(9)10-6-1-2-7(5-6)11(10)13(8)15/h3,6-7,9-15H,1-2,4-5H2/t6-,7+,9+,10+,11-,12+,13+/m1/s1. The van der Waals surface area contributed by atoms with Crippen LogP contribution >= 0.6 is 0 Å². The average molecular weight is 206 g/mol. The molecule has 4 aliphatic rings. The fraction of sp³-hybridized carbons (Fsp3) is 0.846. The Morgan fingerprint density at radius 1 is 1.07 bits per heavy atom. The molecule has 2 nitrogen and oxygen atoms in total. The van der Waals surface area contributed by atoms with Crippen LogP contribution in [0.15, 0.2) is 11.6 Å². The molecule has 82 valence electrons. The maximum atomic E-state index is 10.3. The second-order valence-electron chi connectivity index (χ2n) is 5.97. The van der Waals surface area contributed by atoms with Gasteiger partial charge in [0.1, 0.15) is 0 Å². The zero-order chi connectivity index (χ0) is 10.2. The maximum absolute atomic E-state index is 10.3. The molecular weight excluding hydrogens is 188 g/mol. The van der Waals surface area contributed by atoms with Crippen molar-refractivity contribution in [2.24, 2.45) is 29.6 Å². The number of hydrogen-bond acceptors (Lipinski definition) is 2. The number of hydrogen-bond donors (Lipinski definition) is 2. The minimum Gasteiger partial charge on any atom is -0.392 e. The Hall–Kier alpha value is -0.340. The van der Waals surface area contributed by atoms with Crippen molar-refractivity contribution in [2.45, 2.75) is 37.9 Å². The van der Waals surface area contributed by atoms with Gasteiger partial charge in [0.2, 0.25) is 0 Å². The van der Waals surface area contributed by atoms with Gasteiger partial charge in [-0.25, -0.2) is 0 Å². The van der Waals surface area contributed by atoms with E-state index < -0.39 is 0 Å². The van der Waals surface area contributed by atoms with E-state index in [9.17, 15) is 10.2 Å². The second-order valence-corrected chi connectivity index (χ2v) is 5.97. The van der Waals surface area contributed by atoms with Gasteiger partial charge >= 0.3 is 0 Å². The lowest BCUT2D eigenvalue weighted by Gasteiger charge is -2.30. The van der Waals surface area contributed by atoms with Crippen molar-refractivity contribution in [3.05, 3.63) is 11.6 Å². The largest absolute Gasteiger partial charge is 0.392 e. The smallest absolute Gasteiger partial charge is 0.0787 e. The van der Waals surface area contributed by atoms with Crippen molar-refractivity contribution >= 4 is 0 Å². The van der Waals surface area contributed by atoms with Gasteiger partial charge in [0.25, 0.3) is 0 Å². The minimum atomic E-state index is -0.215. The molecule has 4 rings (SSSR count). The first-order valence-corrected chi connectivity index (χ1v) is 6.33. The summed E-state index contributed by atoms with van der Waals surface area (Å²) in [7, 11) is 0. The van der Waals surface area contributed by atoms with E-state index in [0.717, 1.165) is 18.3 Å². The Bertz CT molecular complexity index is 335. The van der Waals surface area contributed by atoms with Gasteiger partial charge < -0.3 is 10.2 Å². The lowest BCUT2D eigenvalue weighted by Crippen LogP contribution is -2.30. The van der Waals surface area contributed by atoms with E-state index in [1.807, 2.05) is 0 Å². The SMILES string of the molecule is O[C@H]1CC=C2[C@@H]1[C@H]1[C@@H]3CC[C@@H](C3)[C@H]1[C@H]2O. The lowest BCUT2D eigenvalue weighted by molar-refractivity contribution is 0.0646. The fourth-order valence-corrected chi connectivity index (χ4v) is 5.16. The summed E-state index contributed by atoms with van der Waals surface area (Å²) in [5.74, 6) is 2.99. The molecule has 0 aromatic heterocycles. The van der Waals surface area contributed by atoms with Crippen LogP contribution < -0.4 is 0 Å². The summed E-state index contributed by atoms with van der Waals surface area (Å²) < 4.78 is 0. The van der Waals surface area contributed by atoms with Gasteiger partial charge in [-0.1, -0.05) is 6.08 Å². The van der Waals surface area contributed by atoms with Crippen LogP contribution in [0.2, 0.25) is 0 Å². The molecule has 0 aromatic carbocycles. The van der Waals surface area contributed by atoms with Crippen LogP contribution in [-0.2, 0) is 0 Å². The normalized spacial score (nSPS) is 60.7. The van der Waals surface area contributed by atoms with E-state index in [0.29, 0.717) is 17.8 Å².